The Hall–Kier alpha value is -4.43. The molecule has 3 saturated heterocycles. The Labute approximate surface area is 320 Å². The summed E-state index contributed by atoms with van der Waals surface area (Å²) in [5, 5.41) is 3.58. The lowest BCUT2D eigenvalue weighted by Crippen LogP contribution is -2.50. The molecule has 13 heteroatoms. The molecule has 2 amide bonds. The highest BCUT2D eigenvalue weighted by molar-refractivity contribution is 6.00. The second kappa shape index (κ2) is 16.0. The fraction of sp³-hybridized carbons (Fsp3) is 0.476. The van der Waals surface area contributed by atoms with Gasteiger partial charge < -0.3 is 24.8 Å². The van der Waals surface area contributed by atoms with E-state index in [2.05, 4.69) is 76.8 Å². The van der Waals surface area contributed by atoms with Gasteiger partial charge in [-0.2, -0.15) is 0 Å². The Morgan fingerprint density at radius 2 is 1.58 bits per heavy atom. The van der Waals surface area contributed by atoms with Crippen molar-refractivity contribution < 1.29 is 27.5 Å². The van der Waals surface area contributed by atoms with Crippen molar-refractivity contribution in [1.82, 2.24) is 24.6 Å². The Balaban J connectivity index is 0.829. The van der Waals surface area contributed by atoms with Crippen LogP contribution in [0.1, 0.15) is 48.8 Å². The number of anilines is 1. The van der Waals surface area contributed by atoms with E-state index in [1.807, 2.05) is 0 Å². The van der Waals surface area contributed by atoms with E-state index in [0.717, 1.165) is 100 Å². The Morgan fingerprint density at radius 1 is 0.836 bits per heavy atom. The van der Waals surface area contributed by atoms with Crippen LogP contribution < -0.4 is 20.7 Å². The number of imide groups is 1. The van der Waals surface area contributed by atoms with Crippen LogP contribution in [0, 0.1) is 5.92 Å². The first-order chi connectivity index (χ1) is 26.6. The standard InChI is InChI=1S/C42H50F3N7O3/c43-42(44,45)55-35-7-4-31(5-8-35)37-28-51(15-1-14-46)38-9-2-30(22-36(37)38)25-49-20-18-48(19-21-49)24-29-12-16-50(17-13-29)34-6-3-32-26-52(27-33(32)23-34)39-10-11-40(53)47-41(39)54/h2-9,22-23,28-29,39H,1,10-21,24-27,46H2,(H,47,53,54). The molecule has 292 valence electrons. The van der Waals surface area contributed by atoms with Crippen molar-refractivity contribution in [3.63, 3.8) is 0 Å². The molecular weight excluding hydrogens is 708 g/mol. The van der Waals surface area contributed by atoms with Gasteiger partial charge in [-0.25, -0.2) is 0 Å². The number of carbonyl (C=O) groups is 2. The van der Waals surface area contributed by atoms with Crippen LogP contribution in [0.15, 0.2) is 66.9 Å². The van der Waals surface area contributed by atoms with Crippen molar-refractivity contribution in [2.24, 2.45) is 11.7 Å². The minimum Gasteiger partial charge on any atom is -0.406 e. The number of aromatic nitrogens is 1. The summed E-state index contributed by atoms with van der Waals surface area (Å²) in [5.41, 5.74) is 13.8. The van der Waals surface area contributed by atoms with Crippen LogP contribution in [0.5, 0.6) is 5.75 Å². The molecule has 8 rings (SSSR count). The number of piperidine rings is 2. The third-order valence-electron chi connectivity index (χ3n) is 11.9. The summed E-state index contributed by atoms with van der Waals surface area (Å²) in [5.74, 6) is 0.111. The number of hydrogen-bond donors (Lipinski definition) is 2. The average molecular weight is 758 g/mol. The first-order valence-electron chi connectivity index (χ1n) is 19.7. The van der Waals surface area contributed by atoms with Gasteiger partial charge in [0, 0.05) is 107 Å². The predicted molar refractivity (Wildman–Crippen MR) is 206 cm³/mol. The second-order valence-corrected chi connectivity index (χ2v) is 15.6. The van der Waals surface area contributed by atoms with Crippen molar-refractivity contribution in [2.45, 2.75) is 70.7 Å². The van der Waals surface area contributed by atoms with Crippen LogP contribution in [0.4, 0.5) is 18.9 Å². The quantitative estimate of drug-likeness (QED) is 0.188. The minimum atomic E-state index is -4.73. The monoisotopic (exact) mass is 757 g/mol. The molecule has 4 aliphatic heterocycles. The molecule has 0 aliphatic carbocycles. The molecule has 3 aromatic carbocycles. The Morgan fingerprint density at radius 3 is 2.31 bits per heavy atom. The lowest BCUT2D eigenvalue weighted by molar-refractivity contribution is -0.274. The summed E-state index contributed by atoms with van der Waals surface area (Å²) >= 11 is 0. The molecule has 0 saturated carbocycles. The molecule has 55 heavy (non-hydrogen) atoms. The fourth-order valence-electron chi connectivity index (χ4n) is 8.94. The molecule has 0 spiro atoms. The number of halogens is 3. The van der Waals surface area contributed by atoms with Gasteiger partial charge in [0.1, 0.15) is 5.75 Å². The van der Waals surface area contributed by atoms with Gasteiger partial charge in [-0.15, -0.1) is 13.2 Å². The SMILES string of the molecule is NCCCn1cc(-c2ccc(OC(F)(F)F)cc2)c2cc(CN3CCN(CC4CCN(c5ccc6c(c5)CN(C5CCC(=O)NC5=O)C6)CC4)CC3)ccc21. The molecule has 5 heterocycles. The molecule has 10 nitrogen and oxygen atoms in total. The topological polar surface area (TPSA) is 99.3 Å². The third-order valence-corrected chi connectivity index (χ3v) is 11.9. The predicted octanol–water partition coefficient (Wildman–Crippen LogP) is 5.71. The van der Waals surface area contributed by atoms with Gasteiger partial charge in [-0.05, 0) is 96.8 Å². The molecule has 4 aromatic rings. The summed E-state index contributed by atoms with van der Waals surface area (Å²) in [6, 6.07) is 19.2. The number of benzene rings is 3. The van der Waals surface area contributed by atoms with Crippen LogP contribution in [0.3, 0.4) is 0 Å². The summed E-state index contributed by atoms with van der Waals surface area (Å²) in [6.45, 7) is 11.0. The number of ether oxygens (including phenoxy) is 1. The number of nitrogens with two attached hydrogens (primary N) is 1. The molecule has 1 aromatic heterocycles. The zero-order chi connectivity index (χ0) is 38.1. The molecule has 1 unspecified atom stereocenters. The highest BCUT2D eigenvalue weighted by atomic mass is 19.4. The van der Waals surface area contributed by atoms with Crippen molar-refractivity contribution in [3.05, 3.63) is 83.6 Å². The van der Waals surface area contributed by atoms with E-state index in [4.69, 9.17) is 5.73 Å². The highest BCUT2D eigenvalue weighted by Crippen LogP contribution is 2.35. The number of amides is 2. The Kier molecular flexibility index (Phi) is 10.9. The zero-order valence-corrected chi connectivity index (χ0v) is 31.2. The van der Waals surface area contributed by atoms with Crippen LogP contribution in [0.25, 0.3) is 22.0 Å². The van der Waals surface area contributed by atoms with Gasteiger partial charge in [0.2, 0.25) is 11.8 Å². The van der Waals surface area contributed by atoms with Crippen LogP contribution in [-0.4, -0.2) is 95.8 Å². The van der Waals surface area contributed by atoms with Crippen LogP contribution >= 0.6 is 0 Å². The maximum atomic E-state index is 12.8. The maximum Gasteiger partial charge on any atom is 0.573 e. The summed E-state index contributed by atoms with van der Waals surface area (Å²) in [4.78, 5) is 33.9. The van der Waals surface area contributed by atoms with E-state index in [1.54, 1.807) is 12.1 Å². The molecule has 4 aliphatic rings. The number of piperazine rings is 1. The third kappa shape index (κ3) is 8.70. The number of carbonyl (C=O) groups excluding carboxylic acids is 2. The average Bonchev–Trinajstić information content (AvgIpc) is 3.75. The molecule has 1 atom stereocenters. The number of nitrogens with one attached hydrogen (secondary N) is 1. The summed E-state index contributed by atoms with van der Waals surface area (Å²) in [7, 11) is 0. The van der Waals surface area contributed by atoms with Gasteiger partial charge in [0.25, 0.3) is 0 Å². The number of aryl methyl sites for hydroxylation is 1. The molecule has 0 bridgehead atoms. The van der Waals surface area contributed by atoms with Crippen LogP contribution in [-0.2, 0) is 35.8 Å². The first-order valence-corrected chi connectivity index (χ1v) is 19.7. The smallest absolute Gasteiger partial charge is 0.406 e. The van der Waals surface area contributed by atoms with E-state index in [9.17, 15) is 22.8 Å². The van der Waals surface area contributed by atoms with E-state index in [0.29, 0.717) is 25.3 Å². The number of fused-ring (bicyclic) bond motifs is 2. The number of alkyl halides is 3. The van der Waals surface area contributed by atoms with Gasteiger partial charge in [0.05, 0.1) is 6.04 Å². The maximum absolute atomic E-state index is 12.8. The van der Waals surface area contributed by atoms with E-state index in [-0.39, 0.29) is 23.6 Å². The van der Waals surface area contributed by atoms with Crippen molar-refractivity contribution >= 4 is 28.4 Å². The number of nitrogens with zero attached hydrogens (tertiary/aromatic N) is 5. The number of hydrogen-bond acceptors (Lipinski definition) is 8. The lowest BCUT2D eigenvalue weighted by Gasteiger charge is -2.39. The molecule has 3 N–H and O–H groups in total. The van der Waals surface area contributed by atoms with Gasteiger partial charge in [0.15, 0.2) is 0 Å². The fourth-order valence-corrected chi connectivity index (χ4v) is 8.94. The first kappa shape index (κ1) is 37.5. The highest BCUT2D eigenvalue weighted by Gasteiger charge is 2.35. The van der Waals surface area contributed by atoms with E-state index >= 15 is 0 Å². The molecule has 0 radical (unpaired) electrons. The normalized spacial score (nSPS) is 20.7. The van der Waals surface area contributed by atoms with Crippen molar-refractivity contribution in [2.75, 3.05) is 57.3 Å². The molecule has 3 fully saturated rings. The lowest BCUT2D eigenvalue weighted by atomic mass is 9.95. The summed E-state index contributed by atoms with van der Waals surface area (Å²) < 4.78 is 44.6. The van der Waals surface area contributed by atoms with Crippen LogP contribution in [0.2, 0.25) is 0 Å². The van der Waals surface area contributed by atoms with E-state index in [1.165, 1.54) is 47.4 Å². The largest absolute Gasteiger partial charge is 0.573 e. The Bertz CT molecular complexity index is 2000. The molecular formula is C42H50F3N7O3. The van der Waals surface area contributed by atoms with Gasteiger partial charge >= 0.3 is 6.36 Å². The van der Waals surface area contributed by atoms with E-state index < -0.39 is 6.36 Å². The number of rotatable bonds is 11. The minimum absolute atomic E-state index is 0.166. The summed E-state index contributed by atoms with van der Waals surface area (Å²) in [6.07, 6.45) is 1.52. The van der Waals surface area contributed by atoms with Gasteiger partial charge in [-0.3, -0.25) is 24.7 Å². The second-order valence-electron chi connectivity index (χ2n) is 15.6. The van der Waals surface area contributed by atoms with Gasteiger partial charge in [-0.1, -0.05) is 24.3 Å². The van der Waals surface area contributed by atoms with Crippen molar-refractivity contribution in [3.8, 4) is 16.9 Å². The zero-order valence-electron chi connectivity index (χ0n) is 31.2. The van der Waals surface area contributed by atoms with Crippen molar-refractivity contribution in [1.29, 1.82) is 0 Å².